The van der Waals surface area contributed by atoms with Crippen molar-refractivity contribution in [3.05, 3.63) is 53.6 Å². The number of benzene rings is 1. The summed E-state index contributed by atoms with van der Waals surface area (Å²) < 4.78 is 25.4. The molecule has 1 aromatic carbocycles. The molecule has 26 heavy (non-hydrogen) atoms. The number of nitrogens with zero attached hydrogens (tertiary/aromatic N) is 2. The molecule has 3 aromatic rings. The Morgan fingerprint density at radius 1 is 1.19 bits per heavy atom. The molecule has 0 atom stereocenters. The Hall–Kier alpha value is -2.86. The number of fused-ring (bicyclic) bond motifs is 1. The van der Waals surface area contributed by atoms with E-state index < -0.39 is 5.82 Å². The number of hydrogen-bond acceptors (Lipinski definition) is 5. The molecule has 1 aliphatic heterocycles. The van der Waals surface area contributed by atoms with E-state index in [1.54, 1.807) is 31.6 Å². The van der Waals surface area contributed by atoms with Gasteiger partial charge in [0.25, 0.3) is 0 Å². The summed E-state index contributed by atoms with van der Waals surface area (Å²) in [5.41, 5.74) is 2.32. The van der Waals surface area contributed by atoms with E-state index in [9.17, 15) is 4.39 Å². The normalized spacial score (nSPS) is 12.7. The van der Waals surface area contributed by atoms with E-state index in [2.05, 4.69) is 15.3 Å². The van der Waals surface area contributed by atoms with Gasteiger partial charge in [0, 0.05) is 27.9 Å². The molecule has 0 bridgehead atoms. The number of nitrogens with one attached hydrogen (secondary N) is 1. The van der Waals surface area contributed by atoms with Crippen molar-refractivity contribution in [1.82, 2.24) is 9.97 Å². The fraction of sp³-hybridized carbons (Fsp3) is 0.158. The minimum absolute atomic E-state index is 0.324. The number of methoxy groups -OCH3 is 1. The SMILES string of the molecule is COc1cncc(-c2cc(-c3cc(Cl)ccc3F)nc3c2OCCN3)c1. The maximum absolute atomic E-state index is 14.4. The van der Waals surface area contributed by atoms with Crippen molar-refractivity contribution in [3.8, 4) is 33.9 Å². The maximum Gasteiger partial charge on any atom is 0.170 e. The molecule has 3 heterocycles. The van der Waals surface area contributed by atoms with E-state index >= 15 is 0 Å². The summed E-state index contributed by atoms with van der Waals surface area (Å²) in [6.45, 7) is 1.14. The quantitative estimate of drug-likeness (QED) is 0.738. The topological polar surface area (TPSA) is 56.3 Å². The van der Waals surface area contributed by atoms with Gasteiger partial charge in [-0.2, -0.15) is 0 Å². The molecule has 0 spiro atoms. The molecule has 4 rings (SSSR count). The Kier molecular flexibility index (Phi) is 4.34. The largest absolute Gasteiger partial charge is 0.495 e. The Labute approximate surface area is 154 Å². The number of halogens is 2. The van der Waals surface area contributed by atoms with Gasteiger partial charge in [0.05, 0.1) is 25.5 Å². The molecular formula is C19H15ClFN3O2. The lowest BCUT2D eigenvalue weighted by atomic mass is 10.0. The predicted octanol–water partition coefficient (Wildman–Crippen LogP) is 4.42. The molecule has 0 unspecified atom stereocenters. The highest BCUT2D eigenvalue weighted by molar-refractivity contribution is 6.30. The predicted molar refractivity (Wildman–Crippen MR) is 98.4 cm³/mol. The maximum atomic E-state index is 14.4. The molecule has 0 amide bonds. The number of aromatic nitrogens is 2. The van der Waals surface area contributed by atoms with Crippen LogP contribution in [0.15, 0.2) is 42.7 Å². The lowest BCUT2D eigenvalue weighted by Crippen LogP contribution is -2.20. The summed E-state index contributed by atoms with van der Waals surface area (Å²) >= 11 is 6.05. The van der Waals surface area contributed by atoms with Crippen molar-refractivity contribution < 1.29 is 13.9 Å². The van der Waals surface area contributed by atoms with Crippen LogP contribution in [0, 0.1) is 5.82 Å². The van der Waals surface area contributed by atoms with E-state index in [0.29, 0.717) is 46.7 Å². The average Bonchev–Trinajstić information content (AvgIpc) is 2.69. The zero-order valence-electron chi connectivity index (χ0n) is 13.9. The molecule has 1 N–H and O–H groups in total. The Morgan fingerprint density at radius 2 is 2.08 bits per heavy atom. The first-order valence-electron chi connectivity index (χ1n) is 8.02. The highest BCUT2D eigenvalue weighted by Gasteiger charge is 2.21. The fourth-order valence-electron chi connectivity index (χ4n) is 2.85. The number of rotatable bonds is 3. The molecule has 5 nitrogen and oxygen atoms in total. The van der Waals surface area contributed by atoms with Crippen molar-refractivity contribution >= 4 is 17.4 Å². The average molecular weight is 372 g/mol. The first-order chi connectivity index (χ1) is 12.7. The molecule has 132 valence electrons. The van der Waals surface area contributed by atoms with Crippen LogP contribution in [0.4, 0.5) is 10.2 Å². The van der Waals surface area contributed by atoms with Crippen molar-refractivity contribution in [1.29, 1.82) is 0 Å². The second-order valence-corrected chi connectivity index (χ2v) is 6.18. The van der Waals surface area contributed by atoms with Crippen LogP contribution in [-0.2, 0) is 0 Å². The van der Waals surface area contributed by atoms with Gasteiger partial charge in [-0.3, -0.25) is 4.98 Å². The standard InChI is InChI=1S/C19H15ClFN3O2/c1-25-13-6-11(9-22-10-13)14-8-17(15-7-12(20)2-3-16(15)21)24-19-18(14)26-5-4-23-19/h2-3,6-10H,4-5H2,1H3,(H,23,24). The van der Waals surface area contributed by atoms with Crippen LogP contribution in [0.2, 0.25) is 5.02 Å². The van der Waals surface area contributed by atoms with Crippen LogP contribution in [0.1, 0.15) is 0 Å². The third kappa shape index (κ3) is 3.04. The zero-order valence-corrected chi connectivity index (χ0v) is 14.7. The minimum atomic E-state index is -0.395. The van der Waals surface area contributed by atoms with Crippen molar-refractivity contribution in [3.63, 3.8) is 0 Å². The Morgan fingerprint density at radius 3 is 2.92 bits per heavy atom. The molecule has 1 aliphatic rings. The van der Waals surface area contributed by atoms with Crippen LogP contribution in [0.3, 0.4) is 0 Å². The summed E-state index contributed by atoms with van der Waals surface area (Å²) in [5, 5.41) is 3.64. The van der Waals surface area contributed by atoms with Crippen LogP contribution in [-0.4, -0.2) is 30.2 Å². The van der Waals surface area contributed by atoms with Crippen LogP contribution in [0.25, 0.3) is 22.4 Å². The second kappa shape index (κ2) is 6.80. The number of ether oxygens (including phenoxy) is 2. The van der Waals surface area contributed by atoms with Crippen LogP contribution < -0.4 is 14.8 Å². The van der Waals surface area contributed by atoms with Gasteiger partial charge in [0.1, 0.15) is 18.2 Å². The highest BCUT2D eigenvalue weighted by atomic mass is 35.5. The van der Waals surface area contributed by atoms with Gasteiger partial charge in [-0.15, -0.1) is 0 Å². The minimum Gasteiger partial charge on any atom is -0.495 e. The smallest absolute Gasteiger partial charge is 0.170 e. The van der Waals surface area contributed by atoms with E-state index in [1.807, 2.05) is 6.07 Å². The lowest BCUT2D eigenvalue weighted by molar-refractivity contribution is 0.323. The molecule has 2 aromatic heterocycles. The number of pyridine rings is 2. The van der Waals surface area contributed by atoms with E-state index in [4.69, 9.17) is 21.1 Å². The van der Waals surface area contributed by atoms with Gasteiger partial charge in [0.15, 0.2) is 11.6 Å². The van der Waals surface area contributed by atoms with Crippen LogP contribution in [0.5, 0.6) is 11.5 Å². The summed E-state index contributed by atoms with van der Waals surface area (Å²) in [7, 11) is 1.58. The second-order valence-electron chi connectivity index (χ2n) is 5.75. The van der Waals surface area contributed by atoms with Gasteiger partial charge in [-0.1, -0.05) is 11.6 Å². The molecule has 0 saturated carbocycles. The van der Waals surface area contributed by atoms with Gasteiger partial charge in [-0.05, 0) is 30.3 Å². The summed E-state index contributed by atoms with van der Waals surface area (Å²) in [4.78, 5) is 8.73. The van der Waals surface area contributed by atoms with Gasteiger partial charge < -0.3 is 14.8 Å². The van der Waals surface area contributed by atoms with Gasteiger partial charge in [-0.25, -0.2) is 9.37 Å². The Bertz CT molecular complexity index is 981. The lowest BCUT2D eigenvalue weighted by Gasteiger charge is -2.22. The monoisotopic (exact) mass is 371 g/mol. The first kappa shape index (κ1) is 16.6. The van der Waals surface area contributed by atoms with E-state index in [0.717, 1.165) is 11.1 Å². The molecule has 7 heteroatoms. The first-order valence-corrected chi connectivity index (χ1v) is 8.40. The number of hydrogen-bond donors (Lipinski definition) is 1. The Balaban J connectivity index is 1.94. The molecule has 0 fully saturated rings. The fourth-order valence-corrected chi connectivity index (χ4v) is 3.02. The van der Waals surface area contributed by atoms with Crippen molar-refractivity contribution in [2.45, 2.75) is 0 Å². The molecule has 0 saturated heterocycles. The third-order valence-corrected chi connectivity index (χ3v) is 4.31. The number of anilines is 1. The van der Waals surface area contributed by atoms with E-state index in [-0.39, 0.29) is 0 Å². The highest BCUT2D eigenvalue weighted by Crippen LogP contribution is 2.41. The van der Waals surface area contributed by atoms with Crippen molar-refractivity contribution in [2.75, 3.05) is 25.6 Å². The van der Waals surface area contributed by atoms with Crippen molar-refractivity contribution in [2.24, 2.45) is 0 Å². The summed E-state index contributed by atoms with van der Waals surface area (Å²) in [6, 6.07) is 8.02. The van der Waals surface area contributed by atoms with Crippen LogP contribution >= 0.6 is 11.6 Å². The zero-order chi connectivity index (χ0) is 18.1. The van der Waals surface area contributed by atoms with Gasteiger partial charge >= 0.3 is 0 Å². The van der Waals surface area contributed by atoms with Gasteiger partial charge in [0.2, 0.25) is 0 Å². The molecular weight excluding hydrogens is 357 g/mol. The summed E-state index contributed by atoms with van der Waals surface area (Å²) in [5.74, 6) is 1.39. The third-order valence-electron chi connectivity index (χ3n) is 4.08. The molecule has 0 radical (unpaired) electrons. The summed E-state index contributed by atoms with van der Waals surface area (Å²) in [6.07, 6.45) is 3.32. The molecule has 0 aliphatic carbocycles. The van der Waals surface area contributed by atoms with E-state index in [1.165, 1.54) is 12.1 Å².